The second-order valence-electron chi connectivity index (χ2n) is 4.90. The van der Waals surface area contributed by atoms with Crippen molar-refractivity contribution in [2.24, 2.45) is 5.73 Å². The molecule has 6 heteroatoms. The molecule has 0 aromatic heterocycles. The van der Waals surface area contributed by atoms with Crippen molar-refractivity contribution in [3.05, 3.63) is 29.8 Å². The first kappa shape index (κ1) is 14.8. The van der Waals surface area contributed by atoms with Crippen LogP contribution in [0.15, 0.2) is 29.2 Å². The molecule has 2 rings (SSSR count). The maximum absolute atomic E-state index is 12.5. The van der Waals surface area contributed by atoms with Gasteiger partial charge in [0.2, 0.25) is 10.0 Å². The van der Waals surface area contributed by atoms with Crippen molar-refractivity contribution in [1.29, 1.82) is 0 Å². The van der Waals surface area contributed by atoms with Gasteiger partial charge in [0.05, 0.1) is 4.90 Å². The third kappa shape index (κ3) is 3.31. The summed E-state index contributed by atoms with van der Waals surface area (Å²) in [6, 6.07) is 6.81. The van der Waals surface area contributed by atoms with E-state index >= 15 is 0 Å². The molecule has 106 valence electrons. The second kappa shape index (κ2) is 5.83. The maximum atomic E-state index is 12.5. The highest BCUT2D eigenvalue weighted by atomic mass is 32.2. The summed E-state index contributed by atoms with van der Waals surface area (Å²) >= 11 is 1.82. The summed E-state index contributed by atoms with van der Waals surface area (Å²) in [5, 5.41) is 0.354. The van der Waals surface area contributed by atoms with Gasteiger partial charge in [0.15, 0.2) is 0 Å². The average Bonchev–Trinajstić information content (AvgIpc) is 2.39. The van der Waals surface area contributed by atoms with E-state index in [9.17, 15) is 8.42 Å². The predicted molar refractivity (Wildman–Crippen MR) is 79.7 cm³/mol. The van der Waals surface area contributed by atoms with Crippen LogP contribution >= 0.6 is 11.8 Å². The van der Waals surface area contributed by atoms with Gasteiger partial charge in [-0.05, 0) is 24.6 Å². The van der Waals surface area contributed by atoms with Gasteiger partial charge in [-0.15, -0.1) is 0 Å². The number of rotatable bonds is 3. The van der Waals surface area contributed by atoms with Crippen LogP contribution in [0.5, 0.6) is 0 Å². The van der Waals surface area contributed by atoms with E-state index in [1.54, 1.807) is 28.6 Å². The Balaban J connectivity index is 2.23. The van der Waals surface area contributed by atoms with Gasteiger partial charge in [0.25, 0.3) is 0 Å². The molecule has 2 unspecified atom stereocenters. The van der Waals surface area contributed by atoms with Gasteiger partial charge in [-0.1, -0.05) is 19.1 Å². The molecule has 2 atom stereocenters. The molecule has 2 N–H and O–H groups in total. The standard InChI is InChI=1S/C13H20N2O2S2/c1-10-9-15(7-8-18-10)19(16,17)13-5-3-12(4-6-13)11(2)14/h3-6,10-11H,7-9,14H2,1-2H3. The van der Waals surface area contributed by atoms with Crippen LogP contribution in [0, 0.1) is 0 Å². The molecule has 1 aliphatic rings. The smallest absolute Gasteiger partial charge is 0.243 e. The van der Waals surface area contributed by atoms with Crippen molar-refractivity contribution in [2.45, 2.75) is 30.0 Å². The van der Waals surface area contributed by atoms with Gasteiger partial charge in [-0.25, -0.2) is 8.42 Å². The Morgan fingerprint density at radius 2 is 2.00 bits per heavy atom. The van der Waals surface area contributed by atoms with E-state index in [1.807, 2.05) is 18.7 Å². The van der Waals surface area contributed by atoms with Crippen LogP contribution in [0.4, 0.5) is 0 Å². The molecule has 0 saturated carbocycles. The van der Waals surface area contributed by atoms with E-state index in [0.717, 1.165) is 11.3 Å². The van der Waals surface area contributed by atoms with Crippen LogP contribution in [-0.4, -0.2) is 36.8 Å². The number of hydrogen-bond acceptors (Lipinski definition) is 4. The minimum absolute atomic E-state index is 0.0804. The van der Waals surface area contributed by atoms with Gasteiger partial charge >= 0.3 is 0 Å². The lowest BCUT2D eigenvalue weighted by atomic mass is 10.1. The molecule has 19 heavy (non-hydrogen) atoms. The molecular formula is C13H20N2O2S2. The first-order valence-corrected chi connectivity index (χ1v) is 8.87. The molecule has 1 heterocycles. The molecule has 1 aromatic carbocycles. The summed E-state index contributed by atoms with van der Waals surface area (Å²) < 4.78 is 26.6. The highest BCUT2D eigenvalue weighted by Crippen LogP contribution is 2.24. The van der Waals surface area contributed by atoms with Crippen LogP contribution in [-0.2, 0) is 10.0 Å². The van der Waals surface area contributed by atoms with Gasteiger partial charge in [-0.2, -0.15) is 16.1 Å². The minimum Gasteiger partial charge on any atom is -0.324 e. The van der Waals surface area contributed by atoms with Gasteiger partial charge < -0.3 is 5.73 Å². The fourth-order valence-electron chi connectivity index (χ4n) is 2.10. The summed E-state index contributed by atoms with van der Waals surface area (Å²) in [6.45, 7) is 5.12. The third-order valence-electron chi connectivity index (χ3n) is 3.25. The molecule has 1 saturated heterocycles. The Bertz CT molecular complexity index is 526. The lowest BCUT2D eigenvalue weighted by molar-refractivity contribution is 0.424. The molecule has 1 aliphatic heterocycles. The van der Waals surface area contributed by atoms with Crippen molar-refractivity contribution < 1.29 is 8.42 Å². The van der Waals surface area contributed by atoms with E-state index in [4.69, 9.17) is 5.73 Å². The molecule has 4 nitrogen and oxygen atoms in total. The quantitative estimate of drug-likeness (QED) is 0.925. The van der Waals surface area contributed by atoms with E-state index in [1.165, 1.54) is 0 Å². The molecule has 0 bridgehead atoms. The Morgan fingerprint density at radius 3 is 2.53 bits per heavy atom. The zero-order chi connectivity index (χ0) is 14.0. The van der Waals surface area contributed by atoms with Crippen LogP contribution in [0.3, 0.4) is 0 Å². The summed E-state index contributed by atoms with van der Waals surface area (Å²) in [6.07, 6.45) is 0. The van der Waals surface area contributed by atoms with Crippen LogP contribution in [0.25, 0.3) is 0 Å². The normalized spacial score (nSPS) is 23.2. The van der Waals surface area contributed by atoms with Crippen molar-refractivity contribution in [3.63, 3.8) is 0 Å². The molecule has 0 aliphatic carbocycles. The average molecular weight is 300 g/mol. The van der Waals surface area contributed by atoms with Gasteiger partial charge in [-0.3, -0.25) is 0 Å². The lowest BCUT2D eigenvalue weighted by Crippen LogP contribution is -2.40. The number of hydrogen-bond donors (Lipinski definition) is 1. The Morgan fingerprint density at radius 1 is 1.37 bits per heavy atom. The fourth-order valence-corrected chi connectivity index (χ4v) is 4.85. The van der Waals surface area contributed by atoms with Crippen molar-refractivity contribution in [3.8, 4) is 0 Å². The lowest BCUT2D eigenvalue weighted by Gasteiger charge is -2.29. The summed E-state index contributed by atoms with van der Waals surface area (Å²) in [4.78, 5) is 0.357. The zero-order valence-electron chi connectivity index (χ0n) is 11.2. The van der Waals surface area contributed by atoms with Gasteiger partial charge in [0.1, 0.15) is 0 Å². The van der Waals surface area contributed by atoms with Crippen molar-refractivity contribution in [1.82, 2.24) is 4.31 Å². The van der Waals surface area contributed by atoms with Gasteiger partial charge in [0, 0.05) is 30.1 Å². The Hall–Kier alpha value is -0.560. The number of nitrogens with zero attached hydrogens (tertiary/aromatic N) is 1. The molecule has 0 amide bonds. The molecular weight excluding hydrogens is 280 g/mol. The molecule has 0 spiro atoms. The zero-order valence-corrected chi connectivity index (χ0v) is 12.9. The number of nitrogens with two attached hydrogens (primary N) is 1. The van der Waals surface area contributed by atoms with E-state index in [0.29, 0.717) is 23.2 Å². The van der Waals surface area contributed by atoms with E-state index in [-0.39, 0.29) is 6.04 Å². The highest BCUT2D eigenvalue weighted by Gasteiger charge is 2.28. The molecule has 1 fully saturated rings. The number of thioether (sulfide) groups is 1. The van der Waals surface area contributed by atoms with Crippen LogP contribution < -0.4 is 5.73 Å². The molecule has 1 aromatic rings. The Labute approximate surface area is 119 Å². The first-order valence-electron chi connectivity index (χ1n) is 6.38. The third-order valence-corrected chi connectivity index (χ3v) is 6.26. The first-order chi connectivity index (χ1) is 8.91. The summed E-state index contributed by atoms with van der Waals surface area (Å²) in [5.74, 6) is 0.859. The number of sulfonamides is 1. The SMILES string of the molecule is CC1CN(S(=O)(=O)c2ccc(C(C)N)cc2)CCS1. The molecule has 0 radical (unpaired) electrons. The fraction of sp³-hybridized carbons (Fsp3) is 0.538. The summed E-state index contributed by atoms with van der Waals surface area (Å²) in [5.41, 5.74) is 6.72. The minimum atomic E-state index is -3.36. The van der Waals surface area contributed by atoms with E-state index < -0.39 is 10.0 Å². The number of benzene rings is 1. The monoisotopic (exact) mass is 300 g/mol. The van der Waals surface area contributed by atoms with Crippen molar-refractivity contribution >= 4 is 21.8 Å². The Kier molecular flexibility index (Phi) is 4.55. The second-order valence-corrected chi connectivity index (χ2v) is 8.39. The largest absolute Gasteiger partial charge is 0.324 e. The van der Waals surface area contributed by atoms with Crippen molar-refractivity contribution in [2.75, 3.05) is 18.8 Å². The van der Waals surface area contributed by atoms with Crippen LogP contribution in [0.2, 0.25) is 0 Å². The topological polar surface area (TPSA) is 63.4 Å². The van der Waals surface area contributed by atoms with E-state index in [2.05, 4.69) is 6.92 Å². The predicted octanol–water partition coefficient (Wildman–Crippen LogP) is 1.83. The van der Waals surface area contributed by atoms with Crippen LogP contribution in [0.1, 0.15) is 25.5 Å². The highest BCUT2D eigenvalue weighted by molar-refractivity contribution is 8.00. The maximum Gasteiger partial charge on any atom is 0.243 e. The summed E-state index contributed by atoms with van der Waals surface area (Å²) in [7, 11) is -3.36.